The molecule has 9 heteroatoms. The van der Waals surface area contributed by atoms with Crippen molar-refractivity contribution in [3.63, 3.8) is 0 Å². The van der Waals surface area contributed by atoms with Crippen molar-refractivity contribution >= 4 is 50.3 Å². The lowest BCUT2D eigenvalue weighted by Gasteiger charge is -2.08. The van der Waals surface area contributed by atoms with Crippen molar-refractivity contribution in [2.75, 3.05) is 6.61 Å². The summed E-state index contributed by atoms with van der Waals surface area (Å²) in [6.07, 6.45) is 0. The fourth-order valence-corrected chi connectivity index (χ4v) is 4.91. The summed E-state index contributed by atoms with van der Waals surface area (Å²) in [4.78, 5) is 41.0. The Kier molecular flexibility index (Phi) is 4.94. The minimum atomic E-state index is -0.423. The van der Waals surface area contributed by atoms with Crippen molar-refractivity contribution in [1.29, 1.82) is 0 Å². The van der Waals surface area contributed by atoms with Gasteiger partial charge in [0.2, 0.25) is 0 Å². The topological polar surface area (TPSA) is 101 Å². The predicted octanol–water partition coefficient (Wildman–Crippen LogP) is 4.20. The monoisotopic (exact) mass is 414 g/mol. The average molecular weight is 415 g/mol. The highest BCUT2D eigenvalue weighted by Gasteiger charge is 2.22. The standard InChI is InChI=1S/C19H18N4O3S2/c1-4-26-18(25)14-9(2)13-16(24)22-15(23-17(13)28-14)10(3)27-19-20-11-7-5-6-8-12(11)21-19/h5-8,10H,4H2,1-3H3,(H,20,21)(H,22,23,24)/t10-/m1/s1. The summed E-state index contributed by atoms with van der Waals surface area (Å²) < 4.78 is 5.08. The second kappa shape index (κ2) is 7.40. The number of carbonyl (C=O) groups is 1. The molecule has 0 saturated heterocycles. The quantitative estimate of drug-likeness (QED) is 0.375. The van der Waals surface area contributed by atoms with Crippen molar-refractivity contribution in [2.24, 2.45) is 0 Å². The molecule has 0 bridgehead atoms. The molecule has 3 heterocycles. The van der Waals surface area contributed by atoms with Crippen LogP contribution in [0.2, 0.25) is 0 Å². The number of aromatic amines is 2. The zero-order valence-electron chi connectivity index (χ0n) is 15.5. The van der Waals surface area contributed by atoms with E-state index in [1.807, 2.05) is 31.2 Å². The maximum atomic E-state index is 12.6. The summed E-state index contributed by atoms with van der Waals surface area (Å²) >= 11 is 2.67. The SMILES string of the molecule is CCOC(=O)c1sc2nc([C@@H](C)Sc3nc4ccccc4[nH]3)[nH]c(=O)c2c1C. The van der Waals surface area contributed by atoms with Crippen molar-refractivity contribution in [3.05, 3.63) is 50.9 Å². The number of fused-ring (bicyclic) bond motifs is 2. The lowest BCUT2D eigenvalue weighted by Crippen LogP contribution is -2.13. The first-order valence-corrected chi connectivity index (χ1v) is 10.5. The summed E-state index contributed by atoms with van der Waals surface area (Å²) in [5.41, 5.74) is 2.21. The molecule has 0 unspecified atom stereocenters. The zero-order valence-corrected chi connectivity index (χ0v) is 17.2. The van der Waals surface area contributed by atoms with Gasteiger partial charge < -0.3 is 14.7 Å². The number of nitrogens with one attached hydrogen (secondary N) is 2. The number of benzene rings is 1. The molecule has 0 saturated carbocycles. The first-order chi connectivity index (χ1) is 13.5. The summed E-state index contributed by atoms with van der Waals surface area (Å²) in [6.45, 7) is 5.73. The molecule has 0 spiro atoms. The number of rotatable bonds is 5. The van der Waals surface area contributed by atoms with Crippen molar-refractivity contribution in [2.45, 2.75) is 31.2 Å². The third-order valence-electron chi connectivity index (χ3n) is 4.32. The summed E-state index contributed by atoms with van der Waals surface area (Å²) in [6, 6.07) is 7.80. The van der Waals surface area contributed by atoms with Crippen molar-refractivity contribution in [3.8, 4) is 0 Å². The van der Waals surface area contributed by atoms with Crippen LogP contribution in [0.15, 0.2) is 34.2 Å². The number of thioether (sulfide) groups is 1. The van der Waals surface area contributed by atoms with Gasteiger partial charge in [0.15, 0.2) is 5.16 Å². The third-order valence-corrected chi connectivity index (χ3v) is 6.48. The number of thiophene rings is 1. The number of esters is 1. The molecule has 0 aliphatic rings. The van der Waals surface area contributed by atoms with Crippen LogP contribution in [-0.2, 0) is 4.74 Å². The molecule has 3 aromatic heterocycles. The van der Waals surface area contributed by atoms with Crippen LogP contribution >= 0.6 is 23.1 Å². The van der Waals surface area contributed by atoms with E-state index < -0.39 is 5.97 Å². The first-order valence-electron chi connectivity index (χ1n) is 8.79. The van der Waals surface area contributed by atoms with E-state index >= 15 is 0 Å². The lowest BCUT2D eigenvalue weighted by atomic mass is 10.2. The van der Waals surface area contributed by atoms with E-state index in [-0.39, 0.29) is 17.4 Å². The molecule has 144 valence electrons. The number of H-pyrrole nitrogens is 2. The Labute approximate surface area is 168 Å². The lowest BCUT2D eigenvalue weighted by molar-refractivity contribution is 0.0531. The highest BCUT2D eigenvalue weighted by atomic mass is 32.2. The number of nitrogens with zero attached hydrogens (tertiary/aromatic N) is 2. The van der Waals surface area contributed by atoms with Gasteiger partial charge in [-0.15, -0.1) is 11.3 Å². The van der Waals surface area contributed by atoms with Crippen LogP contribution in [0.25, 0.3) is 21.3 Å². The number of carbonyl (C=O) groups excluding carboxylic acids is 1. The van der Waals surface area contributed by atoms with Crippen LogP contribution in [-0.4, -0.2) is 32.5 Å². The number of aryl methyl sites for hydroxylation is 1. The summed E-state index contributed by atoms with van der Waals surface area (Å²) in [5.74, 6) is 0.119. The van der Waals surface area contributed by atoms with Gasteiger partial charge in [-0.3, -0.25) is 4.79 Å². The van der Waals surface area contributed by atoms with E-state index in [4.69, 9.17) is 4.74 Å². The number of para-hydroxylation sites is 2. The molecule has 7 nitrogen and oxygen atoms in total. The van der Waals surface area contributed by atoms with Crippen LogP contribution in [0.4, 0.5) is 0 Å². The Morgan fingerprint density at radius 2 is 2.07 bits per heavy atom. The van der Waals surface area contributed by atoms with Crippen LogP contribution in [0.5, 0.6) is 0 Å². The van der Waals surface area contributed by atoms with Gasteiger partial charge in [-0.2, -0.15) is 0 Å². The molecule has 0 radical (unpaired) electrons. The molecule has 0 amide bonds. The Bertz CT molecular complexity index is 1210. The molecule has 28 heavy (non-hydrogen) atoms. The summed E-state index contributed by atoms with van der Waals surface area (Å²) in [5, 5.41) is 1.06. The van der Waals surface area contributed by atoms with E-state index in [1.54, 1.807) is 13.8 Å². The predicted molar refractivity (Wildman–Crippen MR) is 111 cm³/mol. The smallest absolute Gasteiger partial charge is 0.348 e. The number of hydrogen-bond acceptors (Lipinski definition) is 7. The van der Waals surface area contributed by atoms with Crippen molar-refractivity contribution < 1.29 is 9.53 Å². The van der Waals surface area contributed by atoms with Gasteiger partial charge in [0.25, 0.3) is 5.56 Å². The zero-order chi connectivity index (χ0) is 19.8. The molecular formula is C19H18N4O3S2. The Hall–Kier alpha value is -2.65. The minimum absolute atomic E-state index is 0.133. The van der Waals surface area contributed by atoms with Gasteiger partial charge in [-0.05, 0) is 38.5 Å². The molecular weight excluding hydrogens is 396 g/mol. The van der Waals surface area contributed by atoms with Gasteiger partial charge in [0.05, 0.1) is 28.3 Å². The number of hydrogen-bond donors (Lipinski definition) is 2. The summed E-state index contributed by atoms with van der Waals surface area (Å²) in [7, 11) is 0. The molecule has 0 fully saturated rings. The van der Waals surface area contributed by atoms with Gasteiger partial charge in [-0.25, -0.2) is 14.8 Å². The van der Waals surface area contributed by atoms with Crippen LogP contribution in [0.1, 0.15) is 40.2 Å². The maximum Gasteiger partial charge on any atom is 0.348 e. The van der Waals surface area contributed by atoms with Gasteiger partial charge in [0, 0.05) is 0 Å². The number of aromatic nitrogens is 4. The third kappa shape index (κ3) is 3.31. The number of ether oxygens (including phenoxy) is 1. The molecule has 0 aliphatic heterocycles. The Morgan fingerprint density at radius 1 is 1.29 bits per heavy atom. The largest absolute Gasteiger partial charge is 0.462 e. The Morgan fingerprint density at radius 3 is 2.82 bits per heavy atom. The molecule has 1 atom stereocenters. The highest BCUT2D eigenvalue weighted by Crippen LogP contribution is 2.34. The van der Waals surface area contributed by atoms with Crippen LogP contribution in [0, 0.1) is 6.92 Å². The fraction of sp³-hybridized carbons (Fsp3) is 0.263. The Balaban J connectivity index is 1.68. The molecule has 1 aromatic carbocycles. The van der Waals surface area contributed by atoms with Gasteiger partial charge >= 0.3 is 5.97 Å². The van der Waals surface area contributed by atoms with Gasteiger partial charge in [0.1, 0.15) is 15.5 Å². The molecule has 2 N–H and O–H groups in total. The molecule has 4 rings (SSSR count). The normalized spacial score (nSPS) is 12.5. The van der Waals surface area contributed by atoms with Crippen LogP contribution < -0.4 is 5.56 Å². The van der Waals surface area contributed by atoms with E-state index in [0.29, 0.717) is 26.5 Å². The highest BCUT2D eigenvalue weighted by molar-refractivity contribution is 7.99. The molecule has 4 aromatic rings. The molecule has 0 aliphatic carbocycles. The number of imidazole rings is 1. The second-order valence-electron chi connectivity index (χ2n) is 6.23. The van der Waals surface area contributed by atoms with E-state index in [1.165, 1.54) is 23.1 Å². The second-order valence-corrected chi connectivity index (χ2v) is 8.56. The van der Waals surface area contributed by atoms with E-state index in [9.17, 15) is 9.59 Å². The van der Waals surface area contributed by atoms with Crippen molar-refractivity contribution in [1.82, 2.24) is 19.9 Å². The van der Waals surface area contributed by atoms with E-state index in [2.05, 4.69) is 19.9 Å². The van der Waals surface area contributed by atoms with Crippen LogP contribution in [0.3, 0.4) is 0 Å². The van der Waals surface area contributed by atoms with E-state index in [0.717, 1.165) is 16.2 Å². The minimum Gasteiger partial charge on any atom is -0.462 e. The van der Waals surface area contributed by atoms with Gasteiger partial charge in [-0.1, -0.05) is 23.9 Å². The maximum absolute atomic E-state index is 12.6. The fourth-order valence-electron chi connectivity index (χ4n) is 2.95. The average Bonchev–Trinajstić information content (AvgIpc) is 3.22. The first kappa shape index (κ1) is 18.7.